The number of hydrogen-bond acceptors (Lipinski definition) is 5. The Balaban J connectivity index is 2.52. The van der Waals surface area contributed by atoms with Crippen molar-refractivity contribution >= 4 is 17.7 Å². The number of carboxylic acids is 1. The molecule has 0 fully saturated rings. The number of aliphatic carboxylic acids is 1. The summed E-state index contributed by atoms with van der Waals surface area (Å²) < 4.78 is 5.18. The number of nitrogens with zero attached hydrogens (tertiary/aromatic N) is 2. The van der Waals surface area contributed by atoms with E-state index in [0.717, 1.165) is 12.2 Å². The highest BCUT2D eigenvalue weighted by molar-refractivity contribution is 7.99. The molecule has 0 aromatic carbocycles. The largest absolute Gasteiger partial charge is 0.481 e. The molecule has 0 amide bonds. The average molecular weight is 286 g/mol. The Morgan fingerprint density at radius 1 is 1.53 bits per heavy atom. The quantitative estimate of drug-likeness (QED) is 0.791. The van der Waals surface area contributed by atoms with Crippen LogP contribution in [0.15, 0.2) is 4.52 Å². The SMILES string of the molecule is CCC(C)SCc1noc(CC(C)(C)CC(=O)O)n1. The van der Waals surface area contributed by atoms with Crippen molar-refractivity contribution in [3.63, 3.8) is 0 Å². The van der Waals surface area contributed by atoms with E-state index in [0.29, 0.717) is 23.4 Å². The van der Waals surface area contributed by atoms with Crippen LogP contribution >= 0.6 is 11.8 Å². The van der Waals surface area contributed by atoms with Gasteiger partial charge in [0.1, 0.15) is 0 Å². The lowest BCUT2D eigenvalue weighted by Gasteiger charge is -2.19. The first-order valence-corrected chi connectivity index (χ1v) is 7.52. The molecule has 1 atom stereocenters. The molecular weight excluding hydrogens is 264 g/mol. The molecule has 0 bridgehead atoms. The molecule has 0 aliphatic rings. The van der Waals surface area contributed by atoms with Gasteiger partial charge in [0.05, 0.1) is 12.2 Å². The Labute approximate surface area is 118 Å². The van der Waals surface area contributed by atoms with Crippen LogP contribution in [0.5, 0.6) is 0 Å². The van der Waals surface area contributed by atoms with Crippen LogP contribution in [0, 0.1) is 5.41 Å². The van der Waals surface area contributed by atoms with Crippen LogP contribution in [0.2, 0.25) is 0 Å². The Morgan fingerprint density at radius 2 is 2.21 bits per heavy atom. The summed E-state index contributed by atoms with van der Waals surface area (Å²) in [6.45, 7) is 8.09. The van der Waals surface area contributed by atoms with Gasteiger partial charge < -0.3 is 9.63 Å². The minimum atomic E-state index is -0.808. The molecule has 1 aromatic heterocycles. The Bertz CT molecular complexity index is 418. The summed E-state index contributed by atoms with van der Waals surface area (Å²) in [5.41, 5.74) is -0.376. The lowest BCUT2D eigenvalue weighted by atomic mass is 9.86. The van der Waals surface area contributed by atoms with Gasteiger partial charge in [-0.1, -0.05) is 32.9 Å². The molecule has 1 unspecified atom stereocenters. The van der Waals surface area contributed by atoms with E-state index in [1.165, 1.54) is 0 Å². The smallest absolute Gasteiger partial charge is 0.303 e. The standard InChI is InChI=1S/C13H22N2O3S/c1-5-9(2)19-8-10-14-11(18-15-10)6-13(3,4)7-12(16)17/h9H,5-8H2,1-4H3,(H,16,17). The Hall–Kier alpha value is -1.04. The van der Waals surface area contributed by atoms with Gasteiger partial charge in [-0.05, 0) is 11.8 Å². The molecule has 1 heterocycles. The number of aromatic nitrogens is 2. The fourth-order valence-corrected chi connectivity index (χ4v) is 2.42. The third-order valence-electron chi connectivity index (χ3n) is 2.84. The zero-order valence-corrected chi connectivity index (χ0v) is 12.8. The van der Waals surface area contributed by atoms with E-state index in [4.69, 9.17) is 9.63 Å². The first kappa shape index (κ1) is 16.0. The summed E-state index contributed by atoms with van der Waals surface area (Å²) >= 11 is 1.79. The second-order valence-corrected chi connectivity index (χ2v) is 6.97. The van der Waals surface area contributed by atoms with E-state index in [-0.39, 0.29) is 11.8 Å². The van der Waals surface area contributed by atoms with Crippen molar-refractivity contribution in [2.45, 2.75) is 58.0 Å². The molecule has 6 heteroatoms. The van der Waals surface area contributed by atoms with Crippen molar-refractivity contribution < 1.29 is 14.4 Å². The van der Waals surface area contributed by atoms with Gasteiger partial charge in [-0.3, -0.25) is 4.79 Å². The summed E-state index contributed by atoms with van der Waals surface area (Å²) in [4.78, 5) is 15.1. The van der Waals surface area contributed by atoms with Crippen LogP contribution in [0.4, 0.5) is 0 Å². The van der Waals surface area contributed by atoms with Crippen LogP contribution in [-0.2, 0) is 17.0 Å². The predicted octanol–water partition coefficient (Wildman–Crippen LogP) is 3.14. The van der Waals surface area contributed by atoms with E-state index in [1.54, 1.807) is 11.8 Å². The first-order valence-electron chi connectivity index (χ1n) is 6.47. The zero-order chi connectivity index (χ0) is 14.5. The van der Waals surface area contributed by atoms with Crippen LogP contribution in [-0.4, -0.2) is 26.5 Å². The van der Waals surface area contributed by atoms with Crippen LogP contribution in [0.1, 0.15) is 52.3 Å². The van der Waals surface area contributed by atoms with Gasteiger partial charge in [0.25, 0.3) is 0 Å². The fraction of sp³-hybridized carbons (Fsp3) is 0.769. The molecule has 108 valence electrons. The van der Waals surface area contributed by atoms with E-state index in [1.807, 2.05) is 13.8 Å². The minimum Gasteiger partial charge on any atom is -0.481 e. The number of hydrogen-bond donors (Lipinski definition) is 1. The van der Waals surface area contributed by atoms with E-state index >= 15 is 0 Å². The van der Waals surface area contributed by atoms with Crippen molar-refractivity contribution in [2.75, 3.05) is 0 Å². The molecule has 0 spiro atoms. The maximum absolute atomic E-state index is 10.8. The fourth-order valence-electron chi connectivity index (χ4n) is 1.64. The monoisotopic (exact) mass is 286 g/mol. The summed E-state index contributed by atoms with van der Waals surface area (Å²) in [5.74, 6) is 1.13. The molecule has 19 heavy (non-hydrogen) atoms. The molecule has 1 rings (SSSR count). The second-order valence-electron chi connectivity index (χ2n) is 5.55. The number of carboxylic acid groups (broad SMARTS) is 1. The number of thioether (sulfide) groups is 1. The summed E-state index contributed by atoms with van der Waals surface area (Å²) in [6, 6.07) is 0. The van der Waals surface area contributed by atoms with E-state index < -0.39 is 5.97 Å². The van der Waals surface area contributed by atoms with Gasteiger partial charge in [-0.25, -0.2) is 0 Å². The number of carbonyl (C=O) groups is 1. The van der Waals surface area contributed by atoms with Crippen molar-refractivity contribution in [1.82, 2.24) is 10.1 Å². The highest BCUT2D eigenvalue weighted by atomic mass is 32.2. The van der Waals surface area contributed by atoms with Crippen molar-refractivity contribution in [1.29, 1.82) is 0 Å². The average Bonchev–Trinajstić information content (AvgIpc) is 2.70. The highest BCUT2D eigenvalue weighted by Gasteiger charge is 2.25. The molecular formula is C13H22N2O3S. The summed E-state index contributed by atoms with van der Waals surface area (Å²) in [5, 5.41) is 13.3. The maximum Gasteiger partial charge on any atom is 0.303 e. The molecule has 0 radical (unpaired) electrons. The van der Waals surface area contributed by atoms with Crippen molar-refractivity contribution in [3.8, 4) is 0 Å². The summed E-state index contributed by atoms with van der Waals surface area (Å²) in [7, 11) is 0. The summed E-state index contributed by atoms with van der Waals surface area (Å²) in [6.07, 6.45) is 1.69. The van der Waals surface area contributed by atoms with E-state index in [9.17, 15) is 4.79 Å². The van der Waals surface area contributed by atoms with Crippen molar-refractivity contribution in [3.05, 3.63) is 11.7 Å². The van der Waals surface area contributed by atoms with Gasteiger partial charge in [-0.15, -0.1) is 0 Å². The Morgan fingerprint density at radius 3 is 2.79 bits per heavy atom. The van der Waals surface area contributed by atoms with Crippen LogP contribution < -0.4 is 0 Å². The van der Waals surface area contributed by atoms with Gasteiger partial charge >= 0.3 is 5.97 Å². The van der Waals surface area contributed by atoms with Crippen LogP contribution in [0.25, 0.3) is 0 Å². The van der Waals surface area contributed by atoms with Gasteiger partial charge in [-0.2, -0.15) is 16.7 Å². The normalized spacial score (nSPS) is 13.5. The van der Waals surface area contributed by atoms with Gasteiger partial charge in [0.2, 0.25) is 5.89 Å². The zero-order valence-electron chi connectivity index (χ0n) is 12.0. The highest BCUT2D eigenvalue weighted by Crippen LogP contribution is 2.26. The molecule has 0 aliphatic carbocycles. The topological polar surface area (TPSA) is 76.2 Å². The third kappa shape index (κ3) is 6.09. The molecule has 5 nitrogen and oxygen atoms in total. The van der Waals surface area contributed by atoms with Crippen molar-refractivity contribution in [2.24, 2.45) is 5.41 Å². The minimum absolute atomic E-state index is 0.0896. The van der Waals surface area contributed by atoms with Gasteiger partial charge in [0.15, 0.2) is 5.82 Å². The predicted molar refractivity (Wildman–Crippen MR) is 75.1 cm³/mol. The number of rotatable bonds is 8. The van der Waals surface area contributed by atoms with E-state index in [2.05, 4.69) is 24.0 Å². The maximum atomic E-state index is 10.8. The lowest BCUT2D eigenvalue weighted by molar-refractivity contribution is -0.139. The lowest BCUT2D eigenvalue weighted by Crippen LogP contribution is -2.19. The molecule has 0 saturated heterocycles. The third-order valence-corrected chi connectivity index (χ3v) is 4.17. The molecule has 1 aromatic rings. The second kappa shape index (κ2) is 6.93. The molecule has 0 saturated carbocycles. The first-order chi connectivity index (χ1) is 8.82. The molecule has 1 N–H and O–H groups in total. The van der Waals surface area contributed by atoms with Gasteiger partial charge in [0, 0.05) is 11.7 Å². The molecule has 0 aliphatic heterocycles. The Kier molecular flexibility index (Phi) is 5.85. The van der Waals surface area contributed by atoms with Crippen LogP contribution in [0.3, 0.4) is 0 Å².